The third-order valence-corrected chi connectivity index (χ3v) is 4.61. The Balaban J connectivity index is 1.72. The van der Waals surface area contributed by atoms with Crippen LogP contribution in [-0.4, -0.2) is 57.4 Å². The number of anilines is 1. The molecule has 6 nitrogen and oxygen atoms in total. The largest absolute Gasteiger partial charge is 0.353 e. The molecule has 1 fully saturated rings. The van der Waals surface area contributed by atoms with E-state index in [2.05, 4.69) is 31.8 Å². The number of halogens is 2. The van der Waals surface area contributed by atoms with Gasteiger partial charge in [-0.05, 0) is 18.7 Å². The maximum Gasteiger partial charge on any atom is 0.168 e. The van der Waals surface area contributed by atoms with Gasteiger partial charge in [0.05, 0.1) is 17.3 Å². The van der Waals surface area contributed by atoms with Gasteiger partial charge in [-0.3, -0.25) is 0 Å². The van der Waals surface area contributed by atoms with Crippen LogP contribution < -0.4 is 4.90 Å². The predicted octanol–water partition coefficient (Wildman–Crippen LogP) is 2.24. The van der Waals surface area contributed by atoms with E-state index in [0.717, 1.165) is 56.1 Å². The summed E-state index contributed by atoms with van der Waals surface area (Å²) in [5.41, 5.74) is 1.00. The normalized spacial score (nSPS) is 15.9. The molecule has 0 radical (unpaired) electrons. The van der Waals surface area contributed by atoms with E-state index >= 15 is 0 Å². The maximum atomic E-state index is 13.5. The number of aromatic nitrogens is 4. The summed E-state index contributed by atoms with van der Waals surface area (Å²) in [6.07, 6.45) is 3.17. The smallest absolute Gasteiger partial charge is 0.168 e. The van der Waals surface area contributed by atoms with Crippen LogP contribution in [0.3, 0.4) is 0 Å². The highest BCUT2D eigenvalue weighted by Gasteiger charge is 2.21. The summed E-state index contributed by atoms with van der Waals surface area (Å²) in [5.74, 6) is -0.968. The van der Waals surface area contributed by atoms with Crippen molar-refractivity contribution in [3.63, 3.8) is 0 Å². The minimum atomic E-state index is -0.911. The van der Waals surface area contributed by atoms with E-state index in [4.69, 9.17) is 0 Å². The zero-order valence-electron chi connectivity index (χ0n) is 13.9. The molecule has 3 aromatic rings. The Kier molecular flexibility index (Phi) is 4.04. The lowest BCUT2D eigenvalue weighted by molar-refractivity contribution is 0.271. The zero-order valence-corrected chi connectivity index (χ0v) is 13.9. The molecule has 3 heterocycles. The Morgan fingerprint density at radius 2 is 1.84 bits per heavy atom. The Morgan fingerprint density at radius 1 is 1.04 bits per heavy atom. The number of rotatable bonds is 3. The highest BCUT2D eigenvalue weighted by atomic mass is 19.2. The van der Waals surface area contributed by atoms with E-state index in [-0.39, 0.29) is 0 Å². The first kappa shape index (κ1) is 15.9. The van der Waals surface area contributed by atoms with Crippen LogP contribution in [0.15, 0.2) is 30.7 Å². The highest BCUT2D eigenvalue weighted by Crippen LogP contribution is 2.25. The van der Waals surface area contributed by atoms with E-state index in [0.29, 0.717) is 11.3 Å². The molecular formula is C17H18F2N6. The predicted molar refractivity (Wildman–Crippen MR) is 90.9 cm³/mol. The van der Waals surface area contributed by atoms with Crippen molar-refractivity contribution >= 4 is 16.9 Å². The second-order valence-corrected chi connectivity index (χ2v) is 6.01. The average Bonchev–Trinajstić information content (AvgIpc) is 3.08. The number of likely N-dealkylation sites (N-methyl/N-ethyl adjacent to an activating group) is 1. The van der Waals surface area contributed by atoms with Gasteiger partial charge < -0.3 is 9.80 Å². The zero-order chi connectivity index (χ0) is 17.4. The molecular weight excluding hydrogens is 326 g/mol. The van der Waals surface area contributed by atoms with Gasteiger partial charge in [0, 0.05) is 32.2 Å². The molecule has 0 aliphatic carbocycles. The fraction of sp³-hybridized carbons (Fsp3) is 0.353. The van der Waals surface area contributed by atoms with Crippen LogP contribution >= 0.6 is 0 Å². The van der Waals surface area contributed by atoms with Gasteiger partial charge in [-0.25, -0.2) is 23.4 Å². The fourth-order valence-corrected chi connectivity index (χ4v) is 3.17. The number of hydrogen-bond donors (Lipinski definition) is 0. The molecule has 4 rings (SSSR count). The van der Waals surface area contributed by atoms with Crippen molar-refractivity contribution in [1.29, 1.82) is 0 Å². The lowest BCUT2D eigenvalue weighted by atomic mass is 10.2. The van der Waals surface area contributed by atoms with Crippen molar-refractivity contribution in [2.75, 3.05) is 37.6 Å². The van der Waals surface area contributed by atoms with Gasteiger partial charge >= 0.3 is 0 Å². The molecule has 0 unspecified atom stereocenters. The topological polar surface area (TPSA) is 50.1 Å². The van der Waals surface area contributed by atoms with Crippen molar-refractivity contribution in [2.45, 2.75) is 6.92 Å². The van der Waals surface area contributed by atoms with Gasteiger partial charge in [0.25, 0.3) is 0 Å². The first-order valence-corrected chi connectivity index (χ1v) is 8.29. The van der Waals surface area contributed by atoms with Crippen LogP contribution in [0.2, 0.25) is 0 Å². The minimum absolute atomic E-state index is 0.425. The molecule has 0 bridgehead atoms. The lowest BCUT2D eigenvalue weighted by Gasteiger charge is -2.34. The molecule has 130 valence electrons. The second-order valence-electron chi connectivity index (χ2n) is 6.01. The fourth-order valence-electron chi connectivity index (χ4n) is 3.17. The summed E-state index contributed by atoms with van der Waals surface area (Å²) in [6, 6.07) is 3.68. The quantitative estimate of drug-likeness (QED) is 0.729. The Labute approximate surface area is 143 Å². The van der Waals surface area contributed by atoms with Crippen LogP contribution in [0.1, 0.15) is 6.92 Å². The van der Waals surface area contributed by atoms with Crippen LogP contribution in [0.4, 0.5) is 14.6 Å². The van der Waals surface area contributed by atoms with Crippen molar-refractivity contribution in [1.82, 2.24) is 24.6 Å². The van der Waals surface area contributed by atoms with Crippen molar-refractivity contribution in [3.05, 3.63) is 42.4 Å². The number of benzene rings is 1. The van der Waals surface area contributed by atoms with E-state index in [1.54, 1.807) is 6.20 Å². The van der Waals surface area contributed by atoms with Gasteiger partial charge in [-0.2, -0.15) is 5.10 Å². The molecule has 8 heteroatoms. The van der Waals surface area contributed by atoms with Gasteiger partial charge in [-0.1, -0.05) is 6.92 Å². The first-order chi connectivity index (χ1) is 12.2. The van der Waals surface area contributed by atoms with E-state index < -0.39 is 11.6 Å². The highest BCUT2D eigenvalue weighted by molar-refractivity contribution is 5.87. The van der Waals surface area contributed by atoms with Crippen molar-refractivity contribution in [3.8, 4) is 5.69 Å². The molecule has 0 N–H and O–H groups in total. The molecule has 2 aromatic heterocycles. The maximum absolute atomic E-state index is 13.5. The number of fused-ring (bicyclic) bond motifs is 1. The third-order valence-electron chi connectivity index (χ3n) is 4.61. The summed E-state index contributed by atoms with van der Waals surface area (Å²) in [6.45, 7) is 6.94. The summed E-state index contributed by atoms with van der Waals surface area (Å²) in [5, 5.41) is 5.11. The number of nitrogens with zero attached hydrogens (tertiary/aromatic N) is 6. The van der Waals surface area contributed by atoms with Gasteiger partial charge in [0.2, 0.25) is 0 Å². The number of hydrogen-bond acceptors (Lipinski definition) is 5. The molecule has 1 aliphatic heterocycles. The average molecular weight is 344 g/mol. The molecule has 25 heavy (non-hydrogen) atoms. The van der Waals surface area contributed by atoms with Crippen LogP contribution in [-0.2, 0) is 0 Å². The molecule has 0 saturated carbocycles. The SMILES string of the molecule is CCN1CCN(c2ncnc3c2cnn3-c2ccc(F)c(F)c2)CC1. The molecule has 0 atom stereocenters. The summed E-state index contributed by atoms with van der Waals surface area (Å²) >= 11 is 0. The summed E-state index contributed by atoms with van der Waals surface area (Å²) < 4.78 is 28.2. The molecule has 0 spiro atoms. The summed E-state index contributed by atoms with van der Waals surface area (Å²) in [7, 11) is 0. The lowest BCUT2D eigenvalue weighted by Crippen LogP contribution is -2.46. The Hall–Kier alpha value is -2.61. The minimum Gasteiger partial charge on any atom is -0.353 e. The second kappa shape index (κ2) is 6.36. The van der Waals surface area contributed by atoms with E-state index in [9.17, 15) is 8.78 Å². The molecule has 0 amide bonds. The van der Waals surface area contributed by atoms with Crippen LogP contribution in [0.25, 0.3) is 16.7 Å². The first-order valence-electron chi connectivity index (χ1n) is 8.29. The summed E-state index contributed by atoms with van der Waals surface area (Å²) in [4.78, 5) is 13.3. The van der Waals surface area contributed by atoms with E-state index in [1.165, 1.54) is 17.1 Å². The Bertz CT molecular complexity index is 901. The molecule has 1 saturated heterocycles. The van der Waals surface area contributed by atoms with Gasteiger partial charge in [0.1, 0.15) is 12.1 Å². The van der Waals surface area contributed by atoms with Gasteiger partial charge in [-0.15, -0.1) is 0 Å². The Morgan fingerprint density at radius 3 is 2.56 bits per heavy atom. The van der Waals surface area contributed by atoms with Crippen molar-refractivity contribution < 1.29 is 8.78 Å². The van der Waals surface area contributed by atoms with Gasteiger partial charge in [0.15, 0.2) is 17.3 Å². The van der Waals surface area contributed by atoms with E-state index in [1.807, 2.05) is 0 Å². The standard InChI is InChI=1S/C17H18F2N6/c1-2-23-5-7-24(8-6-23)16-13-10-22-25(17(13)21-11-20-16)12-3-4-14(18)15(19)9-12/h3-4,9-11H,2,5-8H2,1H3. The molecule has 1 aromatic carbocycles. The third kappa shape index (κ3) is 2.82. The monoisotopic (exact) mass is 344 g/mol. The van der Waals surface area contributed by atoms with Crippen molar-refractivity contribution in [2.24, 2.45) is 0 Å². The number of piperazine rings is 1. The van der Waals surface area contributed by atoms with Crippen LogP contribution in [0, 0.1) is 11.6 Å². The van der Waals surface area contributed by atoms with Crippen LogP contribution in [0.5, 0.6) is 0 Å². The molecule has 1 aliphatic rings.